The summed E-state index contributed by atoms with van der Waals surface area (Å²) in [6, 6.07) is 25.4. The van der Waals surface area contributed by atoms with Gasteiger partial charge in [0.2, 0.25) is 11.8 Å². The fraction of sp³-hybridized carbons (Fsp3) is 0. The molecule has 0 aliphatic carbocycles. The van der Waals surface area contributed by atoms with Gasteiger partial charge in [0.15, 0.2) is 0 Å². The molecule has 0 saturated heterocycles. The Labute approximate surface area is 205 Å². The average molecular weight is 496 g/mol. The summed E-state index contributed by atoms with van der Waals surface area (Å²) in [7, 11) is -4.59. The third-order valence-corrected chi connectivity index (χ3v) is 6.52. The van der Waals surface area contributed by atoms with Gasteiger partial charge in [-0.1, -0.05) is 54.6 Å². The Morgan fingerprint density at radius 3 is 2.47 bits per heavy atom. The van der Waals surface area contributed by atoms with Gasteiger partial charge in [0.25, 0.3) is 10.1 Å². The van der Waals surface area contributed by atoms with Crippen LogP contribution >= 0.6 is 0 Å². The third kappa shape index (κ3) is 4.04. The monoisotopic (exact) mass is 495 g/mol. The van der Waals surface area contributed by atoms with E-state index >= 15 is 0 Å². The number of hydrogen-bond donors (Lipinski definition) is 1. The van der Waals surface area contributed by atoms with E-state index in [9.17, 15) is 13.0 Å². The molecule has 0 aliphatic rings. The lowest BCUT2D eigenvalue weighted by molar-refractivity contribution is 0.482. The summed E-state index contributed by atoms with van der Waals surface area (Å²) in [6.45, 7) is 0. The number of nitrogens with zero attached hydrogens (tertiary/aromatic N) is 5. The van der Waals surface area contributed by atoms with Crippen LogP contribution in [-0.2, 0) is 10.1 Å². The van der Waals surface area contributed by atoms with Crippen LogP contribution in [0.25, 0.3) is 51.1 Å². The highest BCUT2D eigenvalue weighted by atomic mass is 32.2. The minimum absolute atomic E-state index is 0.124. The maximum atomic E-state index is 12.3. The van der Waals surface area contributed by atoms with Crippen molar-refractivity contribution in [3.8, 4) is 17.1 Å². The topological polar surface area (TPSA) is 124 Å². The van der Waals surface area contributed by atoms with Crippen LogP contribution in [0.2, 0.25) is 0 Å². The molecule has 2 heterocycles. The van der Waals surface area contributed by atoms with Crippen molar-refractivity contribution in [2.45, 2.75) is 4.90 Å². The molecule has 0 fully saturated rings. The van der Waals surface area contributed by atoms with E-state index in [0.717, 1.165) is 16.3 Å². The molecule has 0 radical (unpaired) electrons. The van der Waals surface area contributed by atoms with Crippen molar-refractivity contribution >= 4 is 44.1 Å². The molecule has 0 spiro atoms. The van der Waals surface area contributed by atoms with Crippen LogP contribution in [0, 0.1) is 0 Å². The van der Waals surface area contributed by atoms with Crippen molar-refractivity contribution in [3.05, 3.63) is 96.4 Å². The summed E-state index contributed by atoms with van der Waals surface area (Å²) in [6.07, 6.45) is 3.18. The number of fused-ring (bicyclic) bond motifs is 3. The van der Waals surface area contributed by atoms with Gasteiger partial charge in [0.1, 0.15) is 21.6 Å². The molecule has 0 bridgehead atoms. The lowest BCUT2D eigenvalue weighted by Crippen LogP contribution is -2.08. The molecule has 6 rings (SSSR count). The van der Waals surface area contributed by atoms with E-state index in [-0.39, 0.29) is 16.5 Å². The van der Waals surface area contributed by atoms with E-state index < -0.39 is 10.1 Å². The molecule has 0 atom stereocenters. The predicted molar refractivity (Wildman–Crippen MR) is 135 cm³/mol. The first-order valence-electron chi connectivity index (χ1n) is 10.9. The largest absolute Gasteiger partial charge is 0.417 e. The first-order chi connectivity index (χ1) is 17.5. The Morgan fingerprint density at radius 2 is 1.64 bits per heavy atom. The number of rotatable bonds is 5. The Hall–Kier alpha value is -4.67. The summed E-state index contributed by atoms with van der Waals surface area (Å²) < 4.78 is 40.1. The first-order valence-corrected chi connectivity index (χ1v) is 12.3. The zero-order valence-electron chi connectivity index (χ0n) is 18.6. The second-order valence-electron chi connectivity index (χ2n) is 7.99. The minimum atomic E-state index is -4.59. The highest BCUT2D eigenvalue weighted by molar-refractivity contribution is 7.86. The van der Waals surface area contributed by atoms with Crippen molar-refractivity contribution in [2.24, 2.45) is 0 Å². The van der Waals surface area contributed by atoms with Gasteiger partial charge < -0.3 is 4.42 Å². The van der Waals surface area contributed by atoms with Crippen molar-refractivity contribution in [1.82, 2.24) is 25.2 Å². The van der Waals surface area contributed by atoms with Gasteiger partial charge in [-0.05, 0) is 47.4 Å². The Balaban J connectivity index is 1.37. The molecule has 6 aromatic rings. The second kappa shape index (κ2) is 8.52. The van der Waals surface area contributed by atoms with Gasteiger partial charge in [0, 0.05) is 17.0 Å². The van der Waals surface area contributed by atoms with E-state index in [2.05, 4.69) is 20.4 Å². The first kappa shape index (κ1) is 21.8. The molecule has 10 heteroatoms. The van der Waals surface area contributed by atoms with Crippen LogP contribution in [-0.4, -0.2) is 38.2 Å². The maximum absolute atomic E-state index is 12.3. The van der Waals surface area contributed by atoms with E-state index in [1.807, 2.05) is 66.7 Å². The van der Waals surface area contributed by atoms with Crippen molar-refractivity contribution in [1.29, 1.82) is 0 Å². The normalized spacial score (nSPS) is 12.1. The van der Waals surface area contributed by atoms with Crippen LogP contribution < -0.4 is 0 Å². The zero-order chi connectivity index (χ0) is 24.7. The van der Waals surface area contributed by atoms with Crippen LogP contribution in [0.4, 0.5) is 0 Å². The van der Waals surface area contributed by atoms with Gasteiger partial charge in [-0.25, -0.2) is 0 Å². The van der Waals surface area contributed by atoms with Crippen molar-refractivity contribution in [2.75, 3.05) is 0 Å². The molecular formula is C26H17N5O4S. The Kier molecular flexibility index (Phi) is 5.17. The molecule has 9 nitrogen and oxygen atoms in total. The van der Waals surface area contributed by atoms with E-state index in [4.69, 9.17) is 4.42 Å². The van der Waals surface area contributed by atoms with E-state index in [0.29, 0.717) is 22.5 Å². The smallest absolute Gasteiger partial charge is 0.296 e. The van der Waals surface area contributed by atoms with E-state index in [1.54, 1.807) is 18.2 Å². The summed E-state index contributed by atoms with van der Waals surface area (Å²) in [5.74, 6) is 0.617. The third-order valence-electron chi connectivity index (χ3n) is 5.63. The maximum Gasteiger partial charge on any atom is 0.296 e. The average Bonchev–Trinajstić information content (AvgIpc) is 3.55. The molecular weight excluding hydrogens is 478 g/mol. The van der Waals surface area contributed by atoms with Crippen LogP contribution in [0.3, 0.4) is 0 Å². The fourth-order valence-corrected chi connectivity index (χ4v) is 4.63. The van der Waals surface area contributed by atoms with Crippen LogP contribution in [0.15, 0.2) is 94.2 Å². The highest BCUT2D eigenvalue weighted by Gasteiger charge is 2.20. The van der Waals surface area contributed by atoms with Crippen molar-refractivity contribution < 1.29 is 17.4 Å². The van der Waals surface area contributed by atoms with Gasteiger partial charge in [-0.3, -0.25) is 4.55 Å². The van der Waals surface area contributed by atoms with Crippen LogP contribution in [0.5, 0.6) is 0 Å². The number of aromatic nitrogens is 5. The molecule has 1 N–H and O–H groups in total. The van der Waals surface area contributed by atoms with Gasteiger partial charge in [0.05, 0.1) is 0 Å². The summed E-state index contributed by atoms with van der Waals surface area (Å²) >= 11 is 0. The molecule has 176 valence electrons. The molecule has 4 aromatic carbocycles. The van der Waals surface area contributed by atoms with E-state index in [1.165, 1.54) is 16.9 Å². The predicted octanol–water partition coefficient (Wildman–Crippen LogP) is 5.04. The lowest BCUT2D eigenvalue weighted by Gasteiger charge is -2.07. The molecule has 0 aliphatic heterocycles. The van der Waals surface area contributed by atoms with Gasteiger partial charge in [-0.15, -0.1) is 25.2 Å². The van der Waals surface area contributed by atoms with Gasteiger partial charge >= 0.3 is 0 Å². The Bertz CT molecular complexity index is 1880. The van der Waals surface area contributed by atoms with Crippen molar-refractivity contribution in [3.63, 3.8) is 0 Å². The Morgan fingerprint density at radius 1 is 0.833 bits per heavy atom. The molecule has 36 heavy (non-hydrogen) atoms. The molecule has 2 aromatic heterocycles. The summed E-state index contributed by atoms with van der Waals surface area (Å²) in [4.78, 5) is 0.891. The zero-order valence-corrected chi connectivity index (χ0v) is 19.4. The minimum Gasteiger partial charge on any atom is -0.417 e. The number of hydrogen-bond acceptors (Lipinski definition) is 7. The molecule has 0 saturated carbocycles. The molecule has 0 amide bonds. The number of benzene rings is 4. The quantitative estimate of drug-likeness (QED) is 0.330. The lowest BCUT2D eigenvalue weighted by atomic mass is 10.1. The standard InChI is InChI=1S/C26H17N5O4S/c32-36(33,34)23-16-17(11-15-24-27-28-26(35-24)19-7-2-1-3-8-19)10-14-22(23)31-29-21-13-12-18-6-4-5-9-20(18)25(21)30-31/h1-16H,(H,32,33,34)/b15-11+. The highest BCUT2D eigenvalue weighted by Crippen LogP contribution is 2.26. The van der Waals surface area contributed by atoms with Crippen LogP contribution in [0.1, 0.15) is 11.5 Å². The molecule has 0 unspecified atom stereocenters. The summed E-state index contributed by atoms with van der Waals surface area (Å²) in [5, 5.41) is 18.9. The SMILES string of the molecule is O=S(=O)(O)c1cc(/C=C/c2nnc(-c3ccccc3)o2)ccc1-n1nc2ccc3ccccc3c2n1. The summed E-state index contributed by atoms with van der Waals surface area (Å²) in [5.41, 5.74) is 2.63. The fourth-order valence-electron chi connectivity index (χ4n) is 3.93. The van der Waals surface area contributed by atoms with Gasteiger partial charge in [-0.2, -0.15) is 8.42 Å². The second-order valence-corrected chi connectivity index (χ2v) is 9.38.